The average molecular weight is 401 g/mol. The second-order valence-electron chi connectivity index (χ2n) is 4.24. The van der Waals surface area contributed by atoms with E-state index in [1.54, 1.807) is 33.5 Å². The Morgan fingerprint density at radius 2 is 1.57 bits per heavy atom. The van der Waals surface area contributed by atoms with Gasteiger partial charge < -0.3 is 19.9 Å². The molecule has 1 aromatic heterocycles. The molecule has 0 radical (unpaired) electrons. The maximum atomic E-state index is 5.93. The van der Waals surface area contributed by atoms with E-state index < -0.39 is 0 Å². The van der Waals surface area contributed by atoms with Gasteiger partial charge in [-0.25, -0.2) is 9.97 Å². The summed E-state index contributed by atoms with van der Waals surface area (Å²) in [4.78, 5) is 8.81. The first kappa shape index (κ1) is 15.6. The van der Waals surface area contributed by atoms with Gasteiger partial charge in [-0.15, -0.1) is 0 Å². The van der Waals surface area contributed by atoms with Crippen LogP contribution in [-0.2, 0) is 0 Å². The molecule has 0 bridgehead atoms. The highest BCUT2D eigenvalue weighted by atomic mass is 127. The zero-order chi connectivity index (χ0) is 15.6. The number of nitrogen functional groups attached to an aromatic ring is 1. The third-order valence-corrected chi connectivity index (χ3v) is 4.31. The van der Waals surface area contributed by atoms with Gasteiger partial charge in [-0.3, -0.25) is 0 Å². The lowest BCUT2D eigenvalue weighted by Gasteiger charge is -2.15. The predicted molar refractivity (Wildman–Crippen MR) is 89.0 cm³/mol. The van der Waals surface area contributed by atoms with E-state index in [2.05, 4.69) is 32.6 Å². The van der Waals surface area contributed by atoms with Crippen molar-refractivity contribution in [3.63, 3.8) is 0 Å². The molecule has 0 aliphatic carbocycles. The second kappa shape index (κ2) is 6.33. The van der Waals surface area contributed by atoms with Gasteiger partial charge in [0.25, 0.3) is 0 Å². The van der Waals surface area contributed by atoms with Crippen LogP contribution in [-0.4, -0.2) is 31.3 Å². The number of anilines is 1. The van der Waals surface area contributed by atoms with Crippen LogP contribution in [0.3, 0.4) is 0 Å². The molecule has 0 aliphatic rings. The molecule has 21 heavy (non-hydrogen) atoms. The molecule has 112 valence electrons. The first-order chi connectivity index (χ1) is 10.0. The summed E-state index contributed by atoms with van der Waals surface area (Å²) < 4.78 is 16.9. The van der Waals surface area contributed by atoms with Gasteiger partial charge in [0.1, 0.15) is 28.6 Å². The van der Waals surface area contributed by atoms with Gasteiger partial charge in [0.2, 0.25) is 0 Å². The van der Waals surface area contributed by atoms with Gasteiger partial charge in [-0.1, -0.05) is 0 Å². The maximum Gasteiger partial charge on any atom is 0.169 e. The summed E-state index contributed by atoms with van der Waals surface area (Å²) in [5.41, 5.74) is 7.38. The van der Waals surface area contributed by atoms with Crippen LogP contribution in [0.4, 0.5) is 5.82 Å². The first-order valence-corrected chi connectivity index (χ1v) is 7.19. The Bertz CT molecular complexity index is 628. The van der Waals surface area contributed by atoms with Crippen molar-refractivity contribution in [3.05, 3.63) is 21.4 Å². The van der Waals surface area contributed by atoms with E-state index in [0.29, 0.717) is 34.5 Å². The van der Waals surface area contributed by atoms with Gasteiger partial charge >= 0.3 is 0 Å². The molecule has 0 atom stereocenters. The van der Waals surface area contributed by atoms with Crippen LogP contribution in [0.1, 0.15) is 5.69 Å². The Morgan fingerprint density at radius 3 is 2.00 bits per heavy atom. The monoisotopic (exact) mass is 401 g/mol. The number of benzene rings is 1. The minimum absolute atomic E-state index is 0.429. The van der Waals surface area contributed by atoms with Crippen molar-refractivity contribution >= 4 is 28.4 Å². The SMILES string of the molecule is COc1cc(OC)c(-c2nc(C)c(I)c(N)n2)c(OC)c1. The Kier molecular flexibility index (Phi) is 4.71. The fourth-order valence-corrected chi connectivity index (χ4v) is 2.16. The molecule has 0 aliphatic heterocycles. The number of aryl methyl sites for hydroxylation is 1. The van der Waals surface area contributed by atoms with E-state index in [-0.39, 0.29) is 0 Å². The normalized spacial score (nSPS) is 10.3. The van der Waals surface area contributed by atoms with Crippen molar-refractivity contribution < 1.29 is 14.2 Å². The van der Waals surface area contributed by atoms with Crippen LogP contribution in [0.25, 0.3) is 11.4 Å². The van der Waals surface area contributed by atoms with Crippen LogP contribution in [0, 0.1) is 10.5 Å². The minimum atomic E-state index is 0.429. The quantitative estimate of drug-likeness (QED) is 0.794. The van der Waals surface area contributed by atoms with Crippen LogP contribution in [0.15, 0.2) is 12.1 Å². The van der Waals surface area contributed by atoms with Gasteiger partial charge in [0, 0.05) is 12.1 Å². The zero-order valence-electron chi connectivity index (χ0n) is 12.2. The van der Waals surface area contributed by atoms with Crippen LogP contribution >= 0.6 is 22.6 Å². The summed E-state index contributed by atoms with van der Waals surface area (Å²) in [6.07, 6.45) is 0. The molecule has 6 nitrogen and oxygen atoms in total. The van der Waals surface area contributed by atoms with Crippen LogP contribution < -0.4 is 19.9 Å². The van der Waals surface area contributed by atoms with Crippen LogP contribution in [0.5, 0.6) is 17.2 Å². The summed E-state index contributed by atoms with van der Waals surface area (Å²) in [7, 11) is 4.72. The largest absolute Gasteiger partial charge is 0.496 e. The van der Waals surface area contributed by atoms with E-state index in [9.17, 15) is 0 Å². The van der Waals surface area contributed by atoms with E-state index in [4.69, 9.17) is 19.9 Å². The standard InChI is InChI=1S/C14H16IN3O3/c1-7-12(15)13(16)18-14(17-7)11-9(20-3)5-8(19-2)6-10(11)21-4/h5-6H,1-4H3,(H2,16,17,18). The predicted octanol–water partition coefficient (Wildman–Crippen LogP) is 2.66. The smallest absolute Gasteiger partial charge is 0.169 e. The van der Waals surface area contributed by atoms with Gasteiger partial charge in [0.15, 0.2) is 5.82 Å². The first-order valence-electron chi connectivity index (χ1n) is 6.11. The second-order valence-corrected chi connectivity index (χ2v) is 5.32. The Morgan fingerprint density at radius 1 is 1.00 bits per heavy atom. The van der Waals surface area contributed by atoms with Crippen molar-refractivity contribution in [1.29, 1.82) is 0 Å². The molecular formula is C14H16IN3O3. The number of nitrogens with two attached hydrogens (primary N) is 1. The fourth-order valence-electron chi connectivity index (χ4n) is 1.92. The highest BCUT2D eigenvalue weighted by Crippen LogP contribution is 2.40. The Balaban J connectivity index is 2.73. The topological polar surface area (TPSA) is 79.5 Å². The number of hydrogen-bond donors (Lipinski definition) is 1. The molecule has 0 unspecified atom stereocenters. The number of hydrogen-bond acceptors (Lipinski definition) is 6. The average Bonchev–Trinajstić information content (AvgIpc) is 2.50. The number of halogens is 1. The molecule has 7 heteroatoms. The number of aromatic nitrogens is 2. The van der Waals surface area contributed by atoms with Crippen molar-refractivity contribution in [2.24, 2.45) is 0 Å². The third kappa shape index (κ3) is 2.97. The third-order valence-electron chi connectivity index (χ3n) is 2.98. The van der Waals surface area contributed by atoms with Crippen molar-refractivity contribution in [3.8, 4) is 28.6 Å². The lowest BCUT2D eigenvalue weighted by atomic mass is 10.1. The summed E-state index contributed by atoms with van der Waals surface area (Å²) in [5.74, 6) is 2.64. The van der Waals surface area contributed by atoms with E-state index in [1.807, 2.05) is 6.92 Å². The molecule has 0 saturated heterocycles. The molecule has 0 fully saturated rings. The Hall–Kier alpha value is -1.77. The molecule has 2 aromatic rings. The highest BCUT2D eigenvalue weighted by Gasteiger charge is 2.19. The van der Waals surface area contributed by atoms with Crippen molar-refractivity contribution in [1.82, 2.24) is 9.97 Å². The maximum absolute atomic E-state index is 5.93. The number of rotatable bonds is 4. The summed E-state index contributed by atoms with van der Waals surface area (Å²) in [6.45, 7) is 1.88. The van der Waals surface area contributed by atoms with Gasteiger partial charge in [-0.05, 0) is 29.5 Å². The molecule has 1 heterocycles. The molecule has 0 saturated carbocycles. The molecular weight excluding hydrogens is 385 g/mol. The lowest BCUT2D eigenvalue weighted by molar-refractivity contribution is 0.377. The van der Waals surface area contributed by atoms with Crippen LogP contribution in [0.2, 0.25) is 0 Å². The van der Waals surface area contributed by atoms with E-state index >= 15 is 0 Å². The number of methoxy groups -OCH3 is 3. The summed E-state index contributed by atoms with van der Waals surface area (Å²) >= 11 is 2.12. The van der Waals surface area contributed by atoms with Gasteiger partial charge in [0.05, 0.1) is 30.6 Å². The zero-order valence-corrected chi connectivity index (χ0v) is 14.4. The van der Waals surface area contributed by atoms with Gasteiger partial charge in [-0.2, -0.15) is 0 Å². The fraction of sp³-hybridized carbons (Fsp3) is 0.286. The number of nitrogens with zero attached hydrogens (tertiary/aromatic N) is 2. The van der Waals surface area contributed by atoms with E-state index in [1.165, 1.54) is 0 Å². The summed E-state index contributed by atoms with van der Waals surface area (Å²) in [5, 5.41) is 0. The minimum Gasteiger partial charge on any atom is -0.496 e. The molecule has 2 N–H and O–H groups in total. The van der Waals surface area contributed by atoms with Crippen molar-refractivity contribution in [2.45, 2.75) is 6.92 Å². The molecule has 0 amide bonds. The molecule has 0 spiro atoms. The molecule has 1 aromatic carbocycles. The lowest BCUT2D eigenvalue weighted by Crippen LogP contribution is -2.04. The summed E-state index contributed by atoms with van der Waals surface area (Å²) in [6, 6.07) is 3.51. The number of ether oxygens (including phenoxy) is 3. The highest BCUT2D eigenvalue weighted by molar-refractivity contribution is 14.1. The Labute approximate surface area is 136 Å². The van der Waals surface area contributed by atoms with E-state index in [0.717, 1.165) is 9.26 Å². The van der Waals surface area contributed by atoms with Crippen molar-refractivity contribution in [2.75, 3.05) is 27.1 Å². The molecule has 2 rings (SSSR count).